The van der Waals surface area contributed by atoms with E-state index in [2.05, 4.69) is 15.3 Å². The number of nitrogens with zero attached hydrogens (tertiary/aromatic N) is 3. The molecule has 122 valence electrons. The van der Waals surface area contributed by atoms with Crippen LogP contribution in [-0.2, 0) is 11.3 Å². The Morgan fingerprint density at radius 2 is 2.04 bits per heavy atom. The van der Waals surface area contributed by atoms with Gasteiger partial charge in [0.1, 0.15) is 5.69 Å². The number of hydrogen-bond donors (Lipinski definition) is 1. The topological polar surface area (TPSA) is 59.8 Å². The molecule has 23 heavy (non-hydrogen) atoms. The van der Waals surface area contributed by atoms with Gasteiger partial charge < -0.3 is 9.88 Å². The van der Waals surface area contributed by atoms with Gasteiger partial charge in [-0.25, -0.2) is 4.98 Å². The van der Waals surface area contributed by atoms with Gasteiger partial charge in [-0.15, -0.1) is 0 Å². The summed E-state index contributed by atoms with van der Waals surface area (Å²) in [5, 5.41) is 3.04. The molecule has 2 heterocycles. The normalized spacial score (nSPS) is 15.5. The second-order valence-corrected chi connectivity index (χ2v) is 6.22. The van der Waals surface area contributed by atoms with Crippen LogP contribution >= 0.6 is 0 Å². The van der Waals surface area contributed by atoms with E-state index in [0.717, 1.165) is 11.5 Å². The second kappa shape index (κ2) is 7.90. The monoisotopic (exact) mass is 312 g/mol. The van der Waals surface area contributed by atoms with Crippen molar-refractivity contribution in [3.8, 4) is 11.5 Å². The van der Waals surface area contributed by atoms with Crippen molar-refractivity contribution in [3.63, 3.8) is 0 Å². The molecular weight excluding hydrogens is 288 g/mol. The Labute approximate surface area is 137 Å². The summed E-state index contributed by atoms with van der Waals surface area (Å²) >= 11 is 0. The van der Waals surface area contributed by atoms with E-state index >= 15 is 0 Å². The van der Waals surface area contributed by atoms with Gasteiger partial charge in [-0.1, -0.05) is 25.3 Å². The number of hydrogen-bond acceptors (Lipinski definition) is 3. The van der Waals surface area contributed by atoms with Crippen LogP contribution in [0.4, 0.5) is 0 Å². The zero-order valence-electron chi connectivity index (χ0n) is 13.4. The summed E-state index contributed by atoms with van der Waals surface area (Å²) in [6.07, 6.45) is 12.4. The zero-order valence-corrected chi connectivity index (χ0v) is 13.4. The van der Waals surface area contributed by atoms with E-state index in [1.165, 1.54) is 32.1 Å². The van der Waals surface area contributed by atoms with E-state index in [0.29, 0.717) is 25.4 Å². The predicted molar refractivity (Wildman–Crippen MR) is 89.7 cm³/mol. The maximum absolute atomic E-state index is 12.0. The molecule has 1 aliphatic carbocycles. The quantitative estimate of drug-likeness (QED) is 0.892. The number of carbonyl (C=O) groups is 1. The highest BCUT2D eigenvalue weighted by Crippen LogP contribution is 2.26. The fourth-order valence-corrected chi connectivity index (χ4v) is 3.26. The van der Waals surface area contributed by atoms with Crippen LogP contribution in [-0.4, -0.2) is 27.0 Å². The zero-order chi connectivity index (χ0) is 15.9. The van der Waals surface area contributed by atoms with Crippen molar-refractivity contribution in [1.82, 2.24) is 19.9 Å². The molecule has 1 N–H and O–H groups in total. The second-order valence-electron chi connectivity index (χ2n) is 6.22. The lowest BCUT2D eigenvalue weighted by Gasteiger charge is -2.20. The average molecular weight is 312 g/mol. The Morgan fingerprint density at radius 1 is 1.17 bits per heavy atom. The summed E-state index contributed by atoms with van der Waals surface area (Å²) < 4.78 is 2.03. The molecule has 3 rings (SSSR count). The molecule has 0 radical (unpaired) electrons. The van der Waals surface area contributed by atoms with Crippen LogP contribution in [0, 0.1) is 5.92 Å². The van der Waals surface area contributed by atoms with Gasteiger partial charge in [0.25, 0.3) is 0 Å². The molecule has 1 amide bonds. The first kappa shape index (κ1) is 15.7. The summed E-state index contributed by atoms with van der Waals surface area (Å²) in [5.41, 5.74) is 0.853. The van der Waals surface area contributed by atoms with Gasteiger partial charge in [-0.2, -0.15) is 0 Å². The molecule has 1 fully saturated rings. The predicted octanol–water partition coefficient (Wildman–Crippen LogP) is 3.03. The van der Waals surface area contributed by atoms with E-state index in [9.17, 15) is 4.79 Å². The molecule has 0 aromatic carbocycles. The van der Waals surface area contributed by atoms with Crippen molar-refractivity contribution in [2.24, 2.45) is 5.92 Å². The number of imidazole rings is 1. The lowest BCUT2D eigenvalue weighted by atomic mass is 9.87. The van der Waals surface area contributed by atoms with Crippen molar-refractivity contribution in [2.75, 3.05) is 6.54 Å². The highest BCUT2D eigenvalue weighted by Gasteiger charge is 2.16. The van der Waals surface area contributed by atoms with Gasteiger partial charge >= 0.3 is 0 Å². The molecule has 0 spiro atoms. The van der Waals surface area contributed by atoms with E-state index in [1.807, 2.05) is 29.0 Å². The van der Waals surface area contributed by atoms with Crippen LogP contribution in [0.1, 0.15) is 38.5 Å². The minimum absolute atomic E-state index is 0.177. The van der Waals surface area contributed by atoms with Crippen LogP contribution in [0.3, 0.4) is 0 Å². The maximum atomic E-state index is 12.0. The standard InChI is InChI=1S/C18H24N4O/c23-17(14-15-6-2-1-3-7-15)20-10-12-22-13-11-21-18(22)16-8-4-5-9-19-16/h4-5,8-9,11,13,15H,1-3,6-7,10,12,14H2,(H,20,23). The van der Waals surface area contributed by atoms with Gasteiger partial charge in [0.15, 0.2) is 5.82 Å². The van der Waals surface area contributed by atoms with Crippen LogP contribution < -0.4 is 5.32 Å². The smallest absolute Gasteiger partial charge is 0.220 e. The molecule has 1 aliphatic rings. The van der Waals surface area contributed by atoms with Gasteiger partial charge in [-0.3, -0.25) is 9.78 Å². The Kier molecular flexibility index (Phi) is 5.40. The summed E-state index contributed by atoms with van der Waals surface area (Å²) in [6, 6.07) is 5.79. The van der Waals surface area contributed by atoms with E-state index < -0.39 is 0 Å². The lowest BCUT2D eigenvalue weighted by molar-refractivity contribution is -0.122. The minimum atomic E-state index is 0.177. The summed E-state index contributed by atoms with van der Waals surface area (Å²) in [7, 11) is 0. The SMILES string of the molecule is O=C(CC1CCCCC1)NCCn1ccnc1-c1ccccn1. The van der Waals surface area contributed by atoms with Crippen LogP contribution in [0.5, 0.6) is 0 Å². The maximum Gasteiger partial charge on any atom is 0.220 e. The first-order chi connectivity index (χ1) is 11.3. The van der Waals surface area contributed by atoms with Gasteiger partial charge in [0, 0.05) is 38.1 Å². The largest absolute Gasteiger partial charge is 0.354 e. The highest BCUT2D eigenvalue weighted by molar-refractivity contribution is 5.76. The summed E-state index contributed by atoms with van der Waals surface area (Å²) in [4.78, 5) is 20.7. The first-order valence-electron chi connectivity index (χ1n) is 8.52. The van der Waals surface area contributed by atoms with Crippen LogP contribution in [0.25, 0.3) is 11.5 Å². The van der Waals surface area contributed by atoms with Gasteiger partial charge in [0.05, 0.1) is 0 Å². The number of amides is 1. The van der Waals surface area contributed by atoms with Gasteiger partial charge in [-0.05, 0) is 30.9 Å². The van der Waals surface area contributed by atoms with Crippen molar-refractivity contribution >= 4 is 5.91 Å². The molecule has 0 bridgehead atoms. The molecule has 1 saturated carbocycles. The third-order valence-corrected chi connectivity index (χ3v) is 4.48. The van der Waals surface area contributed by atoms with Gasteiger partial charge in [0.2, 0.25) is 5.91 Å². The molecule has 2 aromatic rings. The molecule has 0 aliphatic heterocycles. The third kappa shape index (κ3) is 4.41. The first-order valence-corrected chi connectivity index (χ1v) is 8.52. The number of rotatable bonds is 6. The third-order valence-electron chi connectivity index (χ3n) is 4.48. The number of pyridine rings is 1. The van der Waals surface area contributed by atoms with Crippen molar-refractivity contribution < 1.29 is 4.79 Å². The summed E-state index contributed by atoms with van der Waals surface area (Å²) in [6.45, 7) is 1.34. The van der Waals surface area contributed by atoms with Crippen molar-refractivity contribution in [3.05, 3.63) is 36.8 Å². The number of nitrogens with one attached hydrogen (secondary N) is 1. The Morgan fingerprint density at radius 3 is 2.83 bits per heavy atom. The number of carbonyl (C=O) groups excluding carboxylic acids is 1. The Hall–Kier alpha value is -2.17. The molecule has 5 nitrogen and oxygen atoms in total. The van der Waals surface area contributed by atoms with Crippen LogP contribution in [0.2, 0.25) is 0 Å². The molecule has 5 heteroatoms. The minimum Gasteiger partial charge on any atom is -0.354 e. The molecule has 2 aromatic heterocycles. The van der Waals surface area contributed by atoms with E-state index in [4.69, 9.17) is 0 Å². The molecule has 0 unspecified atom stereocenters. The van der Waals surface area contributed by atoms with Crippen molar-refractivity contribution in [1.29, 1.82) is 0 Å². The fourth-order valence-electron chi connectivity index (χ4n) is 3.26. The summed E-state index contributed by atoms with van der Waals surface area (Å²) in [5.74, 6) is 1.60. The molecule has 0 atom stereocenters. The fraction of sp³-hybridized carbons (Fsp3) is 0.500. The number of aromatic nitrogens is 3. The van der Waals surface area contributed by atoms with E-state index in [-0.39, 0.29) is 5.91 Å². The highest BCUT2D eigenvalue weighted by atomic mass is 16.1. The lowest BCUT2D eigenvalue weighted by Crippen LogP contribution is -2.29. The Balaban J connectivity index is 1.47. The van der Waals surface area contributed by atoms with Crippen molar-refractivity contribution in [2.45, 2.75) is 45.1 Å². The Bertz CT molecular complexity index is 617. The van der Waals surface area contributed by atoms with Crippen LogP contribution in [0.15, 0.2) is 36.8 Å². The molecule has 0 saturated heterocycles. The molecular formula is C18H24N4O. The average Bonchev–Trinajstić information content (AvgIpc) is 3.05. The van der Waals surface area contributed by atoms with E-state index in [1.54, 1.807) is 12.4 Å².